The lowest BCUT2D eigenvalue weighted by Crippen LogP contribution is -2.17. The Morgan fingerprint density at radius 2 is 1.93 bits per heavy atom. The third-order valence-corrected chi connectivity index (χ3v) is 2.64. The predicted octanol–water partition coefficient (Wildman–Crippen LogP) is 1.14. The zero-order chi connectivity index (χ0) is 10.4. The first kappa shape index (κ1) is 10.5. The Hall–Kier alpha value is -1.62. The number of nitrogens with zero attached hydrogens (tertiary/aromatic N) is 1. The lowest BCUT2D eigenvalue weighted by Gasteiger charge is -2.01. The van der Waals surface area contributed by atoms with Crippen LogP contribution < -0.4 is 4.83 Å². The first-order chi connectivity index (χ1) is 6.67. The van der Waals surface area contributed by atoms with Gasteiger partial charge in [-0.2, -0.15) is 13.5 Å². The van der Waals surface area contributed by atoms with E-state index >= 15 is 0 Å². The number of benzene rings is 1. The summed E-state index contributed by atoms with van der Waals surface area (Å²) in [6.45, 7) is 3.37. The highest BCUT2D eigenvalue weighted by atomic mass is 32.2. The van der Waals surface area contributed by atoms with E-state index in [2.05, 4.69) is 11.7 Å². The minimum atomic E-state index is -3.53. The van der Waals surface area contributed by atoms with Gasteiger partial charge in [0.25, 0.3) is 10.0 Å². The second kappa shape index (κ2) is 4.57. The molecule has 0 saturated carbocycles. The van der Waals surface area contributed by atoms with Gasteiger partial charge in [0.2, 0.25) is 0 Å². The molecule has 0 aliphatic heterocycles. The number of allylic oxidation sites excluding steroid dienone is 1. The van der Waals surface area contributed by atoms with Crippen molar-refractivity contribution in [2.45, 2.75) is 4.90 Å². The first-order valence-corrected chi connectivity index (χ1v) is 5.36. The maximum absolute atomic E-state index is 11.4. The van der Waals surface area contributed by atoms with E-state index < -0.39 is 10.0 Å². The van der Waals surface area contributed by atoms with Gasteiger partial charge in [0.05, 0.1) is 4.90 Å². The Labute approximate surface area is 83.0 Å². The molecule has 4 nitrogen and oxygen atoms in total. The van der Waals surface area contributed by atoms with Crippen molar-refractivity contribution in [2.24, 2.45) is 5.10 Å². The minimum absolute atomic E-state index is 0.182. The molecule has 14 heavy (non-hydrogen) atoms. The van der Waals surface area contributed by atoms with E-state index in [0.717, 1.165) is 0 Å². The lowest BCUT2D eigenvalue weighted by molar-refractivity contribution is 0.584. The number of hydrogen-bond acceptors (Lipinski definition) is 3. The van der Waals surface area contributed by atoms with Crippen LogP contribution in [0.5, 0.6) is 0 Å². The molecule has 0 heterocycles. The molecule has 0 atom stereocenters. The highest BCUT2D eigenvalue weighted by Crippen LogP contribution is 2.06. The molecule has 74 valence electrons. The molecule has 0 aliphatic carbocycles. The van der Waals surface area contributed by atoms with Crippen molar-refractivity contribution in [3.05, 3.63) is 43.0 Å². The highest BCUT2D eigenvalue weighted by Gasteiger charge is 2.10. The van der Waals surface area contributed by atoms with Crippen molar-refractivity contribution in [3.8, 4) is 0 Å². The molecule has 0 aromatic heterocycles. The van der Waals surface area contributed by atoms with E-state index in [-0.39, 0.29) is 4.90 Å². The Kier molecular flexibility index (Phi) is 3.41. The summed E-state index contributed by atoms with van der Waals surface area (Å²) < 4.78 is 22.9. The van der Waals surface area contributed by atoms with Crippen LogP contribution >= 0.6 is 0 Å². The Bertz CT molecular complexity index is 423. The van der Waals surface area contributed by atoms with E-state index in [4.69, 9.17) is 0 Å². The van der Waals surface area contributed by atoms with Gasteiger partial charge >= 0.3 is 0 Å². The Balaban J connectivity index is 2.87. The van der Waals surface area contributed by atoms with Crippen LogP contribution in [0.3, 0.4) is 0 Å². The number of nitrogens with one attached hydrogen (secondary N) is 1. The predicted molar refractivity (Wildman–Crippen MR) is 55.5 cm³/mol. The topological polar surface area (TPSA) is 58.5 Å². The van der Waals surface area contributed by atoms with Crippen molar-refractivity contribution in [1.29, 1.82) is 0 Å². The fourth-order valence-corrected chi connectivity index (χ4v) is 1.63. The molecule has 1 rings (SSSR count). The summed E-state index contributed by atoms with van der Waals surface area (Å²) >= 11 is 0. The van der Waals surface area contributed by atoms with Crippen LogP contribution in [-0.4, -0.2) is 14.6 Å². The van der Waals surface area contributed by atoms with Crippen LogP contribution in [0.15, 0.2) is 53.0 Å². The van der Waals surface area contributed by atoms with Crippen LogP contribution in [0.4, 0.5) is 0 Å². The van der Waals surface area contributed by atoms with Crippen LogP contribution in [0.2, 0.25) is 0 Å². The smallest absolute Gasteiger partial charge is 0.200 e. The summed E-state index contributed by atoms with van der Waals surface area (Å²) in [6, 6.07) is 8.01. The Morgan fingerprint density at radius 1 is 1.29 bits per heavy atom. The summed E-state index contributed by atoms with van der Waals surface area (Å²) in [7, 11) is -3.53. The van der Waals surface area contributed by atoms with Gasteiger partial charge in [-0.05, 0) is 18.2 Å². The molecule has 1 aromatic rings. The standard InChI is InChI=1S/C9H10N2O2S/c1-2-8-10-11-14(12,13)9-6-4-3-5-7-9/h2-8,11H,1H2/b10-8+. The van der Waals surface area contributed by atoms with Crippen LogP contribution in [0, 0.1) is 0 Å². The molecule has 0 unspecified atom stereocenters. The lowest BCUT2D eigenvalue weighted by atomic mass is 10.4. The first-order valence-electron chi connectivity index (χ1n) is 3.88. The largest absolute Gasteiger partial charge is 0.276 e. The van der Waals surface area contributed by atoms with Gasteiger partial charge < -0.3 is 0 Å². The molecule has 0 radical (unpaired) electrons. The average Bonchev–Trinajstić information content (AvgIpc) is 2.19. The van der Waals surface area contributed by atoms with Crippen molar-refractivity contribution in [1.82, 2.24) is 4.83 Å². The van der Waals surface area contributed by atoms with Gasteiger partial charge in [-0.3, -0.25) is 0 Å². The van der Waals surface area contributed by atoms with E-state index in [1.165, 1.54) is 24.4 Å². The van der Waals surface area contributed by atoms with Crippen molar-refractivity contribution in [3.63, 3.8) is 0 Å². The van der Waals surface area contributed by atoms with Crippen molar-refractivity contribution >= 4 is 16.2 Å². The minimum Gasteiger partial charge on any atom is -0.200 e. The molecule has 0 spiro atoms. The molecule has 5 heteroatoms. The van der Waals surface area contributed by atoms with Gasteiger partial charge in [0.15, 0.2) is 0 Å². The van der Waals surface area contributed by atoms with Gasteiger partial charge in [0, 0.05) is 6.21 Å². The summed E-state index contributed by atoms with van der Waals surface area (Å²) in [6.07, 6.45) is 2.65. The summed E-state index contributed by atoms with van der Waals surface area (Å²) in [4.78, 5) is 2.23. The molecular formula is C9H10N2O2S. The number of hydrazone groups is 1. The molecule has 0 bridgehead atoms. The molecule has 0 saturated heterocycles. The van der Waals surface area contributed by atoms with Gasteiger partial charge in [0.1, 0.15) is 0 Å². The zero-order valence-electron chi connectivity index (χ0n) is 7.42. The van der Waals surface area contributed by atoms with E-state index in [1.807, 2.05) is 4.83 Å². The fraction of sp³-hybridized carbons (Fsp3) is 0. The van der Waals surface area contributed by atoms with E-state index in [0.29, 0.717) is 0 Å². The molecule has 1 N–H and O–H groups in total. The normalized spacial score (nSPS) is 11.4. The molecule has 0 aliphatic rings. The third kappa shape index (κ3) is 2.70. The fourth-order valence-electron chi connectivity index (χ4n) is 0.805. The van der Waals surface area contributed by atoms with E-state index in [9.17, 15) is 8.42 Å². The van der Waals surface area contributed by atoms with E-state index in [1.54, 1.807) is 18.2 Å². The molecule has 1 aromatic carbocycles. The number of sulfonamides is 1. The second-order valence-electron chi connectivity index (χ2n) is 2.42. The SMILES string of the molecule is C=C/C=N/NS(=O)(=O)c1ccccc1. The number of rotatable bonds is 4. The zero-order valence-corrected chi connectivity index (χ0v) is 8.24. The summed E-state index contributed by atoms with van der Waals surface area (Å²) in [5.41, 5.74) is 0. The van der Waals surface area contributed by atoms with Gasteiger partial charge in [-0.1, -0.05) is 24.8 Å². The van der Waals surface area contributed by atoms with Crippen LogP contribution in [0.1, 0.15) is 0 Å². The quantitative estimate of drug-likeness (QED) is 0.598. The molecule has 0 fully saturated rings. The van der Waals surface area contributed by atoms with Crippen LogP contribution in [0.25, 0.3) is 0 Å². The van der Waals surface area contributed by atoms with Crippen LogP contribution in [-0.2, 0) is 10.0 Å². The second-order valence-corrected chi connectivity index (χ2v) is 4.08. The number of hydrogen-bond donors (Lipinski definition) is 1. The van der Waals surface area contributed by atoms with Gasteiger partial charge in [-0.15, -0.1) is 0 Å². The van der Waals surface area contributed by atoms with Gasteiger partial charge in [-0.25, -0.2) is 4.83 Å². The maximum Gasteiger partial charge on any atom is 0.276 e. The average molecular weight is 210 g/mol. The molecule has 0 amide bonds. The highest BCUT2D eigenvalue weighted by molar-refractivity contribution is 7.89. The molecular weight excluding hydrogens is 200 g/mol. The Morgan fingerprint density at radius 3 is 2.50 bits per heavy atom. The van der Waals surface area contributed by atoms with Crippen molar-refractivity contribution < 1.29 is 8.42 Å². The maximum atomic E-state index is 11.4. The van der Waals surface area contributed by atoms with Crippen molar-refractivity contribution in [2.75, 3.05) is 0 Å². The monoisotopic (exact) mass is 210 g/mol. The summed E-state index contributed by atoms with van der Waals surface area (Å²) in [5, 5.41) is 3.46. The third-order valence-electron chi connectivity index (χ3n) is 1.41. The summed E-state index contributed by atoms with van der Waals surface area (Å²) in [5.74, 6) is 0.